The zero-order chi connectivity index (χ0) is 25.0. The Morgan fingerprint density at radius 3 is 2.00 bits per heavy atom. The van der Waals surface area contributed by atoms with Crippen molar-refractivity contribution >= 4 is 27.6 Å². The molecule has 2 aromatic rings. The maximum atomic E-state index is 12.9. The van der Waals surface area contributed by atoms with Crippen molar-refractivity contribution in [2.75, 3.05) is 45.8 Å². The number of anilines is 1. The number of nitrogens with zero attached hydrogens (tertiary/aromatic N) is 1. The summed E-state index contributed by atoms with van der Waals surface area (Å²) in [7, 11) is -0.837. The molecule has 0 aliphatic heterocycles. The van der Waals surface area contributed by atoms with Crippen LogP contribution in [0, 0.1) is 6.92 Å². The Bertz CT molecular complexity index is 1010. The van der Waals surface area contributed by atoms with E-state index < -0.39 is 21.9 Å². The minimum Gasteiger partial charge on any atom is -0.478 e. The molecule has 0 atom stereocenters. The molecule has 10 heteroatoms. The van der Waals surface area contributed by atoms with E-state index in [0.717, 1.165) is 5.56 Å². The molecule has 0 heterocycles. The number of carboxylic acid groups (broad SMARTS) is 1. The molecule has 9 nitrogen and oxygen atoms in total. The van der Waals surface area contributed by atoms with Crippen molar-refractivity contribution in [2.24, 2.45) is 0 Å². The molecule has 2 N–H and O–H groups in total. The Hall–Kier alpha value is -2.79. The van der Waals surface area contributed by atoms with Crippen molar-refractivity contribution in [2.45, 2.75) is 25.7 Å². The van der Waals surface area contributed by atoms with E-state index in [9.17, 15) is 23.1 Å². The van der Waals surface area contributed by atoms with E-state index in [1.54, 1.807) is 13.0 Å². The van der Waals surface area contributed by atoms with Gasteiger partial charge in [0.25, 0.3) is 5.91 Å². The largest absolute Gasteiger partial charge is 0.478 e. The Morgan fingerprint density at radius 1 is 0.970 bits per heavy atom. The number of sulfonamides is 1. The second-order valence-corrected chi connectivity index (χ2v) is 8.66. The molecule has 2 rings (SSSR count). The third-order valence-electron chi connectivity index (χ3n) is 4.50. The van der Waals surface area contributed by atoms with Gasteiger partial charge >= 0.3 is 5.97 Å². The minimum atomic E-state index is -3.81. The fourth-order valence-electron chi connectivity index (χ4n) is 2.80. The Balaban J connectivity index is 0.00000265. The highest BCUT2D eigenvalue weighted by Gasteiger charge is 2.24. The zero-order valence-electron chi connectivity index (χ0n) is 19.6. The summed E-state index contributed by atoms with van der Waals surface area (Å²) in [6.07, 6.45) is 0. The smallest absolute Gasteiger partial charge is 0.337 e. The van der Waals surface area contributed by atoms with Gasteiger partial charge in [0.2, 0.25) is 10.0 Å². The van der Waals surface area contributed by atoms with Crippen LogP contribution < -0.4 is 5.32 Å². The van der Waals surface area contributed by atoms with Gasteiger partial charge in [-0.1, -0.05) is 25.5 Å². The number of hydrogen-bond donors (Lipinski definition) is 2. The lowest BCUT2D eigenvalue weighted by atomic mass is 10.1. The average Bonchev–Trinajstić information content (AvgIpc) is 2.81. The molecule has 0 fully saturated rings. The Morgan fingerprint density at radius 2 is 1.52 bits per heavy atom. The van der Waals surface area contributed by atoms with Gasteiger partial charge < -0.3 is 19.9 Å². The van der Waals surface area contributed by atoms with E-state index in [2.05, 4.69) is 5.32 Å². The highest BCUT2D eigenvalue weighted by molar-refractivity contribution is 7.89. The van der Waals surface area contributed by atoms with Gasteiger partial charge in [0.15, 0.2) is 0 Å². The quantitative estimate of drug-likeness (QED) is 0.506. The molecule has 0 aromatic heterocycles. The number of ether oxygens (including phenoxy) is 2. The van der Waals surface area contributed by atoms with Gasteiger partial charge in [-0.3, -0.25) is 4.79 Å². The lowest BCUT2D eigenvalue weighted by molar-refractivity contribution is 0.0698. The van der Waals surface area contributed by atoms with E-state index in [1.165, 1.54) is 54.9 Å². The van der Waals surface area contributed by atoms with Gasteiger partial charge in [-0.2, -0.15) is 4.31 Å². The van der Waals surface area contributed by atoms with Crippen LogP contribution in [0.3, 0.4) is 0 Å². The van der Waals surface area contributed by atoms with Crippen LogP contribution in [0.5, 0.6) is 0 Å². The summed E-state index contributed by atoms with van der Waals surface area (Å²) < 4.78 is 37.0. The number of carboxylic acids is 1. The number of hydrogen-bond acceptors (Lipinski definition) is 6. The van der Waals surface area contributed by atoms with Crippen molar-refractivity contribution in [3.63, 3.8) is 0 Å². The van der Waals surface area contributed by atoms with Gasteiger partial charge in [-0.05, 0) is 43.3 Å². The molecule has 2 aromatic carbocycles. The standard InChI is InChI=1S/C21H26N2O7S.C2H6/c1-15-4-9-19(18(14-15)21(25)26)22-20(24)16-5-7-17(8-6-16)31(27,28)23(10-12-29-2)11-13-30-3;1-2/h4-9,14H,10-13H2,1-3H3,(H,22,24)(H,25,26);1-2H3. The molecule has 0 spiro atoms. The first-order valence-electron chi connectivity index (χ1n) is 10.4. The molecule has 0 bridgehead atoms. The Labute approximate surface area is 195 Å². The van der Waals surface area contributed by atoms with Crippen molar-refractivity contribution in [3.05, 3.63) is 59.2 Å². The van der Waals surface area contributed by atoms with Crippen LogP contribution in [0.15, 0.2) is 47.4 Å². The summed E-state index contributed by atoms with van der Waals surface area (Å²) in [5, 5.41) is 11.9. The van der Waals surface area contributed by atoms with Crippen LogP contribution >= 0.6 is 0 Å². The molecule has 1 amide bonds. The van der Waals surface area contributed by atoms with Crippen LogP contribution in [-0.4, -0.2) is 70.2 Å². The fourth-order valence-corrected chi connectivity index (χ4v) is 4.21. The van der Waals surface area contributed by atoms with Gasteiger partial charge in [0.05, 0.1) is 29.4 Å². The lowest BCUT2D eigenvalue weighted by Crippen LogP contribution is -2.36. The van der Waals surface area contributed by atoms with Crippen molar-refractivity contribution in [1.29, 1.82) is 0 Å². The predicted octanol–water partition coefficient (Wildman–Crippen LogP) is 3.26. The van der Waals surface area contributed by atoms with Crippen LogP contribution in [0.4, 0.5) is 5.69 Å². The highest BCUT2D eigenvalue weighted by atomic mass is 32.2. The molecule has 182 valence electrons. The van der Waals surface area contributed by atoms with Crippen LogP contribution in [0.1, 0.15) is 40.1 Å². The summed E-state index contributed by atoms with van der Waals surface area (Å²) >= 11 is 0. The summed E-state index contributed by atoms with van der Waals surface area (Å²) in [5.41, 5.74) is 1.07. The van der Waals surface area contributed by atoms with Gasteiger partial charge in [0, 0.05) is 32.9 Å². The molecule has 0 unspecified atom stereocenters. The van der Waals surface area contributed by atoms with Crippen molar-refractivity contribution < 1.29 is 32.6 Å². The number of carbonyl (C=O) groups is 2. The normalized spacial score (nSPS) is 11.0. The molecule has 0 saturated heterocycles. The number of nitrogens with one attached hydrogen (secondary N) is 1. The van der Waals surface area contributed by atoms with Crippen LogP contribution in [0.2, 0.25) is 0 Å². The SMILES string of the molecule is CC.COCCN(CCOC)S(=O)(=O)c1ccc(C(=O)Nc2ccc(C)cc2C(=O)O)cc1. The first-order chi connectivity index (χ1) is 15.7. The van der Waals surface area contributed by atoms with Gasteiger partial charge in [0.1, 0.15) is 0 Å². The van der Waals surface area contributed by atoms with Crippen molar-refractivity contribution in [3.8, 4) is 0 Å². The number of benzene rings is 2. The molecule has 33 heavy (non-hydrogen) atoms. The van der Waals surface area contributed by atoms with E-state index >= 15 is 0 Å². The number of rotatable bonds is 11. The first-order valence-corrected chi connectivity index (χ1v) is 11.9. The fraction of sp³-hybridized carbons (Fsp3) is 0.391. The second-order valence-electron chi connectivity index (χ2n) is 6.72. The monoisotopic (exact) mass is 480 g/mol. The van der Waals surface area contributed by atoms with Crippen molar-refractivity contribution in [1.82, 2.24) is 4.31 Å². The van der Waals surface area contributed by atoms with Gasteiger partial charge in [-0.15, -0.1) is 0 Å². The maximum Gasteiger partial charge on any atom is 0.337 e. The lowest BCUT2D eigenvalue weighted by Gasteiger charge is -2.21. The number of aryl methyl sites for hydroxylation is 1. The molecule has 0 aliphatic carbocycles. The van der Waals surface area contributed by atoms with Crippen LogP contribution in [-0.2, 0) is 19.5 Å². The topological polar surface area (TPSA) is 122 Å². The van der Waals surface area contributed by atoms with E-state index in [1.807, 2.05) is 13.8 Å². The maximum absolute atomic E-state index is 12.9. The molecular formula is C23H32N2O7S. The Kier molecular flexibility index (Phi) is 11.7. The van der Waals surface area contributed by atoms with E-state index in [-0.39, 0.29) is 48.0 Å². The number of methoxy groups -OCH3 is 2. The average molecular weight is 481 g/mol. The van der Waals surface area contributed by atoms with E-state index in [4.69, 9.17) is 9.47 Å². The summed E-state index contributed by atoms with van der Waals surface area (Å²) in [5.74, 6) is -1.71. The predicted molar refractivity (Wildman–Crippen MR) is 126 cm³/mol. The van der Waals surface area contributed by atoms with Gasteiger partial charge in [-0.25, -0.2) is 13.2 Å². The molecule has 0 aliphatic rings. The summed E-state index contributed by atoms with van der Waals surface area (Å²) in [6, 6.07) is 10.1. The second kappa shape index (κ2) is 13.7. The molecule has 0 radical (unpaired) electrons. The minimum absolute atomic E-state index is 0.0258. The number of carbonyl (C=O) groups excluding carboxylic acids is 1. The zero-order valence-corrected chi connectivity index (χ0v) is 20.4. The number of aromatic carboxylic acids is 1. The van der Waals surface area contributed by atoms with E-state index in [0.29, 0.717) is 0 Å². The molecule has 0 saturated carbocycles. The highest BCUT2D eigenvalue weighted by Crippen LogP contribution is 2.20. The molecular weight excluding hydrogens is 448 g/mol. The number of amides is 1. The third-order valence-corrected chi connectivity index (χ3v) is 6.41. The summed E-state index contributed by atoms with van der Waals surface area (Å²) in [6.45, 7) is 6.53. The first kappa shape index (κ1) is 28.2. The third kappa shape index (κ3) is 7.93. The van der Waals surface area contributed by atoms with Crippen LogP contribution in [0.25, 0.3) is 0 Å². The summed E-state index contributed by atoms with van der Waals surface area (Å²) in [4.78, 5) is 24.0.